The number of benzene rings is 2. The number of rotatable bonds is 13. The lowest BCUT2D eigenvalue weighted by atomic mass is 9.83. The van der Waals surface area contributed by atoms with Gasteiger partial charge in [-0.25, -0.2) is 26.1 Å². The number of hydrogen-bond donors (Lipinski definition) is 0. The van der Waals surface area contributed by atoms with Gasteiger partial charge < -0.3 is 23.6 Å². The standard InChI is InChI=1S/C52H71F3N8O10S2/c1-31(2)41-25-60(74(67,68)47-37(9)56-72-39(47)11)27-45(41)62(43-23-33(5)13-15-35(43)7)20-18-59(19-21-62)49(65)51(71-50(66)52(53,54)55)29-58(30-64)17-22-63(51,44-24-34(6)14-16-36(44)8)46-28-61(26-42(46)32(3)4)75(69,70)48-38(10)57-73-40(48)12/h13-16,23-24,30-32,41-42,45-46H,17-22,25-29H2,1-12H3/q+2/t41-,42-,45+,46+,51?,63+/m1/s1. The number of halogens is 3. The van der Waals surface area contributed by atoms with Crippen LogP contribution in [0, 0.1) is 79.1 Å². The summed E-state index contributed by atoms with van der Waals surface area (Å²) in [5.41, 5.74) is 1.83. The lowest BCUT2D eigenvalue weighted by Crippen LogP contribution is -2.85. The van der Waals surface area contributed by atoms with Gasteiger partial charge in [-0.1, -0.05) is 62.3 Å². The van der Waals surface area contributed by atoms with Crippen LogP contribution in [0.4, 0.5) is 24.5 Å². The summed E-state index contributed by atoms with van der Waals surface area (Å²) in [7, 11) is -8.51. The summed E-state index contributed by atoms with van der Waals surface area (Å²) in [5, 5.41) is 7.85. The molecule has 0 spiro atoms. The van der Waals surface area contributed by atoms with E-state index < -0.39 is 66.8 Å². The van der Waals surface area contributed by atoms with Crippen molar-refractivity contribution in [1.82, 2.24) is 37.7 Å². The van der Waals surface area contributed by atoms with E-state index in [1.165, 1.54) is 27.4 Å². The zero-order chi connectivity index (χ0) is 55.1. The molecule has 4 saturated heterocycles. The van der Waals surface area contributed by atoms with Crippen LogP contribution < -0.4 is 8.97 Å². The third kappa shape index (κ3) is 9.29. The van der Waals surface area contributed by atoms with Crippen molar-refractivity contribution in [3.63, 3.8) is 0 Å². The summed E-state index contributed by atoms with van der Waals surface area (Å²) in [6.45, 7) is 20.3. The number of carbonyl (C=O) groups is 3. The number of esters is 1. The van der Waals surface area contributed by atoms with Crippen LogP contribution in [-0.4, -0.2) is 160 Å². The molecule has 410 valence electrons. The molecule has 6 heterocycles. The summed E-state index contributed by atoms with van der Waals surface area (Å²) < 4.78 is 123. The second-order valence-corrected chi connectivity index (χ2v) is 25.8. The van der Waals surface area contributed by atoms with Crippen LogP contribution >= 0.6 is 0 Å². The van der Waals surface area contributed by atoms with Gasteiger partial charge in [-0.05, 0) is 78.4 Å². The van der Waals surface area contributed by atoms with Crippen LogP contribution in [0.5, 0.6) is 0 Å². The number of nitrogens with zero attached hydrogens (tertiary/aromatic N) is 8. The Morgan fingerprint density at radius 1 is 0.707 bits per heavy atom. The molecule has 4 aliphatic rings. The van der Waals surface area contributed by atoms with Crippen LogP contribution in [0.2, 0.25) is 0 Å². The number of alkyl halides is 3. The Morgan fingerprint density at radius 3 is 1.63 bits per heavy atom. The van der Waals surface area contributed by atoms with Crippen molar-refractivity contribution in [2.24, 2.45) is 23.7 Å². The van der Waals surface area contributed by atoms with Crippen LogP contribution in [0.1, 0.15) is 72.9 Å². The van der Waals surface area contributed by atoms with E-state index in [1.807, 2.05) is 59.7 Å². The fourth-order valence-electron chi connectivity index (χ4n) is 13.1. The van der Waals surface area contributed by atoms with E-state index in [1.54, 1.807) is 39.8 Å². The molecule has 0 saturated carbocycles. The molecular weight excluding hydrogens is 1020 g/mol. The predicted octanol–water partition coefficient (Wildman–Crippen LogP) is 6.25. The first-order valence-electron chi connectivity index (χ1n) is 25.5. The van der Waals surface area contributed by atoms with Crippen molar-refractivity contribution in [3.05, 3.63) is 81.6 Å². The minimum Gasteiger partial charge on any atom is -0.392 e. The molecule has 0 radical (unpaired) electrons. The molecule has 23 heteroatoms. The second-order valence-electron chi connectivity index (χ2n) is 22.1. The first-order chi connectivity index (χ1) is 35.0. The molecule has 1 unspecified atom stereocenters. The van der Waals surface area contributed by atoms with E-state index in [0.29, 0.717) is 23.2 Å². The Balaban J connectivity index is 1.31. The number of piperazine rings is 2. The summed E-state index contributed by atoms with van der Waals surface area (Å²) >= 11 is 0. The minimum atomic E-state index is -5.61. The van der Waals surface area contributed by atoms with E-state index in [-0.39, 0.29) is 126 Å². The largest absolute Gasteiger partial charge is 0.491 e. The van der Waals surface area contributed by atoms with Gasteiger partial charge in [0.05, 0.1) is 32.7 Å². The normalized spacial score (nSPS) is 26.1. The maximum atomic E-state index is 16.6. The number of ether oxygens (including phenoxy) is 1. The molecule has 0 aliphatic carbocycles. The SMILES string of the molecule is Cc1ccc(C)c([N+]2([C@H]3CN(S(=O)(=O)c4c(C)noc4C)C[C@@H]3C(C)C)CCN(C(=O)C3(OC(=O)C(F)(F)F)CN(C=O)CC[N@+]3(c3cc(C)ccc3C)[C@H]3CN(S(=O)(=O)c4c(C)noc4C)C[C@@H]3C(C)C)CC2)c1. The van der Waals surface area contributed by atoms with Crippen molar-refractivity contribution in [2.45, 2.75) is 117 Å². The predicted molar refractivity (Wildman–Crippen MR) is 273 cm³/mol. The first-order valence-corrected chi connectivity index (χ1v) is 28.4. The van der Waals surface area contributed by atoms with Gasteiger partial charge in [0.2, 0.25) is 26.5 Å². The highest BCUT2D eigenvalue weighted by molar-refractivity contribution is 7.89. The quantitative estimate of drug-likeness (QED) is 0.0832. The summed E-state index contributed by atoms with van der Waals surface area (Å²) in [6.07, 6.45) is -5.18. The van der Waals surface area contributed by atoms with E-state index >= 15 is 18.0 Å². The number of hydrogen-bond acceptors (Lipinski definition) is 12. The molecule has 2 aromatic carbocycles. The topological polar surface area (TPSA) is 194 Å². The number of carbonyl (C=O) groups excluding carboxylic acids is 3. The zero-order valence-electron chi connectivity index (χ0n) is 44.9. The van der Waals surface area contributed by atoms with Crippen LogP contribution in [0.15, 0.2) is 55.2 Å². The maximum Gasteiger partial charge on any atom is 0.491 e. The minimum absolute atomic E-state index is 0.00627. The lowest BCUT2D eigenvalue weighted by molar-refractivity contribution is -0.243. The second kappa shape index (κ2) is 20.0. The number of aryl methyl sites for hydroxylation is 8. The van der Waals surface area contributed by atoms with Crippen molar-refractivity contribution in [1.29, 1.82) is 0 Å². The van der Waals surface area contributed by atoms with Crippen LogP contribution in [-0.2, 0) is 39.2 Å². The summed E-state index contributed by atoms with van der Waals surface area (Å²) in [4.78, 5) is 46.0. The van der Waals surface area contributed by atoms with Crippen LogP contribution in [0.3, 0.4) is 0 Å². The average Bonchev–Trinajstić information content (AvgIpc) is 4.16. The Kier molecular flexibility index (Phi) is 14.9. The molecule has 4 aromatic rings. The number of quaternary nitrogens is 2. The van der Waals surface area contributed by atoms with Crippen molar-refractivity contribution in [3.8, 4) is 0 Å². The van der Waals surface area contributed by atoms with Gasteiger partial charge in [-0.3, -0.25) is 14.1 Å². The molecule has 0 N–H and O–H groups in total. The van der Waals surface area contributed by atoms with E-state index in [2.05, 4.69) is 16.4 Å². The fraction of sp³-hybridized carbons (Fsp3) is 0.596. The van der Waals surface area contributed by atoms with Gasteiger partial charge in [-0.15, -0.1) is 0 Å². The van der Waals surface area contributed by atoms with Crippen LogP contribution in [0.25, 0.3) is 0 Å². The lowest BCUT2D eigenvalue weighted by Gasteiger charge is -2.59. The first kappa shape index (κ1) is 56.0. The molecule has 8 rings (SSSR count). The summed E-state index contributed by atoms with van der Waals surface area (Å²) in [5.74, 6) is -4.65. The van der Waals surface area contributed by atoms with Gasteiger partial charge in [0, 0.05) is 48.2 Å². The van der Waals surface area contributed by atoms with Gasteiger partial charge in [-0.2, -0.15) is 21.8 Å². The average molecular weight is 1090 g/mol. The highest BCUT2D eigenvalue weighted by Crippen LogP contribution is 2.51. The van der Waals surface area contributed by atoms with Gasteiger partial charge >= 0.3 is 23.8 Å². The highest BCUT2D eigenvalue weighted by atomic mass is 32.2. The van der Waals surface area contributed by atoms with E-state index in [0.717, 1.165) is 21.7 Å². The van der Waals surface area contributed by atoms with Gasteiger partial charge in [0.1, 0.15) is 70.8 Å². The Labute approximate surface area is 438 Å². The monoisotopic (exact) mass is 1090 g/mol. The smallest absolute Gasteiger partial charge is 0.392 e. The van der Waals surface area contributed by atoms with E-state index in [4.69, 9.17) is 13.8 Å². The maximum absolute atomic E-state index is 16.6. The molecule has 4 aliphatic heterocycles. The number of sulfonamides is 2. The highest BCUT2D eigenvalue weighted by Gasteiger charge is 2.73. The van der Waals surface area contributed by atoms with E-state index in [9.17, 15) is 26.4 Å². The van der Waals surface area contributed by atoms with Gasteiger partial charge in [0.15, 0.2) is 11.5 Å². The van der Waals surface area contributed by atoms with Crippen molar-refractivity contribution >= 4 is 49.7 Å². The summed E-state index contributed by atoms with van der Waals surface area (Å²) in [6, 6.07) is 9.98. The van der Waals surface area contributed by atoms with Gasteiger partial charge in [0.25, 0.3) is 0 Å². The molecule has 2 aromatic heterocycles. The molecule has 2 amide bonds. The molecule has 0 bridgehead atoms. The molecule has 4 fully saturated rings. The Bertz CT molecular complexity index is 3060. The fourth-order valence-corrected chi connectivity index (χ4v) is 16.7. The van der Waals surface area contributed by atoms with Crippen molar-refractivity contribution < 1.29 is 58.2 Å². The molecule has 6 atom stereocenters. The Hall–Kier alpha value is -5.20. The zero-order valence-corrected chi connectivity index (χ0v) is 46.5. The molecule has 18 nitrogen and oxygen atoms in total. The molecular formula is C52H71F3N8O10S2+2. The number of aromatic nitrogens is 2. The Morgan fingerprint density at radius 2 is 1.17 bits per heavy atom. The third-order valence-electron chi connectivity index (χ3n) is 16.9. The molecule has 75 heavy (non-hydrogen) atoms. The van der Waals surface area contributed by atoms with Crippen molar-refractivity contribution in [2.75, 3.05) is 72.0 Å². The third-order valence-corrected chi connectivity index (χ3v) is 21.0. The number of amides is 2.